The van der Waals surface area contributed by atoms with Crippen molar-refractivity contribution in [1.29, 1.82) is 0 Å². The Morgan fingerprint density at radius 3 is 2.42 bits per heavy atom. The molecule has 0 saturated heterocycles. The predicted octanol–water partition coefficient (Wildman–Crippen LogP) is 7.21. The van der Waals surface area contributed by atoms with Gasteiger partial charge in [-0.25, -0.2) is 9.97 Å². The van der Waals surface area contributed by atoms with Gasteiger partial charge in [-0.15, -0.1) is 0 Å². The SMILES string of the molecule is O=c1c2ccccc2nc(-c2cccc(C(F)(F)F)c2)n1N=Cc1c(Oc2ccc([N+](=O)[O-])cn2)ccc2ccccc12. The highest BCUT2D eigenvalue weighted by atomic mass is 19.4. The summed E-state index contributed by atoms with van der Waals surface area (Å²) in [7, 11) is 0. The van der Waals surface area contributed by atoms with Crippen LogP contribution in [0, 0.1) is 10.1 Å². The Bertz CT molecular complexity index is 2110. The minimum atomic E-state index is -4.61. The molecule has 6 aromatic rings. The van der Waals surface area contributed by atoms with E-state index < -0.39 is 22.2 Å². The summed E-state index contributed by atoms with van der Waals surface area (Å²) in [5.74, 6) is 0.252. The third-order valence-corrected chi connectivity index (χ3v) is 6.58. The minimum absolute atomic E-state index is 0.0410. The first-order chi connectivity index (χ1) is 20.7. The summed E-state index contributed by atoms with van der Waals surface area (Å²) in [4.78, 5) is 32.6. The highest BCUT2D eigenvalue weighted by Crippen LogP contribution is 2.33. The summed E-state index contributed by atoms with van der Waals surface area (Å²) in [6.07, 6.45) is -2.19. The molecule has 9 nitrogen and oxygen atoms in total. The van der Waals surface area contributed by atoms with E-state index in [1.807, 2.05) is 18.2 Å². The maximum absolute atomic E-state index is 13.6. The van der Waals surface area contributed by atoms with E-state index in [1.165, 1.54) is 30.5 Å². The summed E-state index contributed by atoms with van der Waals surface area (Å²) in [6, 6.07) is 24.3. The number of pyridine rings is 1. The molecule has 0 fully saturated rings. The van der Waals surface area contributed by atoms with Gasteiger partial charge in [0.05, 0.1) is 27.6 Å². The van der Waals surface area contributed by atoms with Crippen molar-refractivity contribution in [3.8, 4) is 23.0 Å². The Hall–Kier alpha value is -5.91. The second kappa shape index (κ2) is 10.8. The third-order valence-electron chi connectivity index (χ3n) is 6.58. The second-order valence-electron chi connectivity index (χ2n) is 9.30. The zero-order chi connectivity index (χ0) is 30.1. The Kier molecular flexibility index (Phi) is 6.86. The zero-order valence-electron chi connectivity index (χ0n) is 21.9. The van der Waals surface area contributed by atoms with Crippen molar-refractivity contribution in [2.75, 3.05) is 0 Å². The lowest BCUT2D eigenvalue weighted by molar-refractivity contribution is -0.385. The Morgan fingerprint density at radius 2 is 1.67 bits per heavy atom. The van der Waals surface area contributed by atoms with E-state index in [2.05, 4.69) is 15.1 Å². The van der Waals surface area contributed by atoms with E-state index in [4.69, 9.17) is 4.74 Å². The van der Waals surface area contributed by atoms with Crippen molar-refractivity contribution in [2.45, 2.75) is 6.18 Å². The van der Waals surface area contributed by atoms with Crippen LogP contribution in [-0.4, -0.2) is 25.8 Å². The first kappa shape index (κ1) is 27.3. The quantitative estimate of drug-likeness (QED) is 0.117. The molecule has 0 bridgehead atoms. The molecule has 0 unspecified atom stereocenters. The molecule has 212 valence electrons. The number of ether oxygens (including phenoxy) is 1. The normalized spacial score (nSPS) is 11.8. The van der Waals surface area contributed by atoms with Crippen molar-refractivity contribution < 1.29 is 22.8 Å². The Morgan fingerprint density at radius 1 is 0.907 bits per heavy atom. The average Bonchev–Trinajstić information content (AvgIpc) is 3.01. The van der Waals surface area contributed by atoms with Crippen LogP contribution in [0.1, 0.15) is 11.1 Å². The molecule has 0 amide bonds. The Labute approximate surface area is 240 Å². The molecule has 0 N–H and O–H groups in total. The van der Waals surface area contributed by atoms with Gasteiger partial charge in [0.2, 0.25) is 5.88 Å². The topological polar surface area (TPSA) is 113 Å². The van der Waals surface area contributed by atoms with E-state index in [-0.39, 0.29) is 34.1 Å². The van der Waals surface area contributed by atoms with Crippen LogP contribution in [0.25, 0.3) is 33.1 Å². The highest BCUT2D eigenvalue weighted by Gasteiger charge is 2.31. The van der Waals surface area contributed by atoms with E-state index in [9.17, 15) is 28.1 Å². The third kappa shape index (κ3) is 5.40. The lowest BCUT2D eigenvalue weighted by Gasteiger charge is -2.13. The van der Waals surface area contributed by atoms with Crippen molar-refractivity contribution in [3.05, 3.63) is 135 Å². The second-order valence-corrected chi connectivity index (χ2v) is 9.30. The van der Waals surface area contributed by atoms with Gasteiger partial charge < -0.3 is 4.74 Å². The van der Waals surface area contributed by atoms with Crippen molar-refractivity contribution in [2.24, 2.45) is 5.10 Å². The molecule has 0 atom stereocenters. The maximum atomic E-state index is 13.6. The number of fused-ring (bicyclic) bond motifs is 2. The lowest BCUT2D eigenvalue weighted by atomic mass is 10.0. The zero-order valence-corrected chi connectivity index (χ0v) is 21.9. The number of benzene rings is 4. The minimum Gasteiger partial charge on any atom is -0.438 e. The first-order valence-corrected chi connectivity index (χ1v) is 12.7. The summed E-state index contributed by atoms with van der Waals surface area (Å²) in [5, 5.41) is 17.2. The molecular formula is C31H18F3N5O4. The average molecular weight is 582 g/mol. The van der Waals surface area contributed by atoms with Gasteiger partial charge in [-0.2, -0.15) is 22.9 Å². The molecule has 0 spiro atoms. The number of para-hydroxylation sites is 1. The van der Waals surface area contributed by atoms with Gasteiger partial charge in [0.1, 0.15) is 11.9 Å². The number of nitrogens with zero attached hydrogens (tertiary/aromatic N) is 5. The van der Waals surface area contributed by atoms with Crippen LogP contribution in [0.2, 0.25) is 0 Å². The molecule has 2 aromatic heterocycles. The van der Waals surface area contributed by atoms with Crippen LogP contribution < -0.4 is 10.3 Å². The molecular weight excluding hydrogens is 563 g/mol. The number of alkyl halides is 3. The van der Waals surface area contributed by atoms with Crippen LogP contribution in [-0.2, 0) is 6.18 Å². The molecule has 2 heterocycles. The highest BCUT2D eigenvalue weighted by molar-refractivity contribution is 6.02. The van der Waals surface area contributed by atoms with Gasteiger partial charge in [0.15, 0.2) is 5.82 Å². The summed E-state index contributed by atoms with van der Waals surface area (Å²) in [6.45, 7) is 0. The molecule has 43 heavy (non-hydrogen) atoms. The molecule has 12 heteroatoms. The van der Waals surface area contributed by atoms with Crippen LogP contribution in [0.3, 0.4) is 0 Å². The number of hydrogen-bond donors (Lipinski definition) is 0. The number of aromatic nitrogens is 3. The smallest absolute Gasteiger partial charge is 0.416 e. The molecule has 0 aliphatic rings. The van der Waals surface area contributed by atoms with Crippen molar-refractivity contribution in [1.82, 2.24) is 14.6 Å². The Balaban J connectivity index is 1.53. The number of halogens is 3. The van der Waals surface area contributed by atoms with Crippen molar-refractivity contribution in [3.63, 3.8) is 0 Å². The van der Waals surface area contributed by atoms with Crippen LogP contribution >= 0.6 is 0 Å². The molecule has 4 aromatic carbocycles. The van der Waals surface area contributed by atoms with E-state index >= 15 is 0 Å². The summed E-state index contributed by atoms with van der Waals surface area (Å²) >= 11 is 0. The van der Waals surface area contributed by atoms with Crippen molar-refractivity contribution >= 4 is 33.6 Å². The van der Waals surface area contributed by atoms with E-state index in [1.54, 1.807) is 42.5 Å². The molecule has 6 rings (SSSR count). The van der Waals surface area contributed by atoms with Gasteiger partial charge in [-0.05, 0) is 41.1 Å². The number of hydrogen-bond acceptors (Lipinski definition) is 7. The fourth-order valence-electron chi connectivity index (χ4n) is 4.52. The van der Waals surface area contributed by atoms with Crippen LogP contribution in [0.5, 0.6) is 11.6 Å². The summed E-state index contributed by atoms with van der Waals surface area (Å²) in [5.41, 5.74) is -0.937. The van der Waals surface area contributed by atoms with Gasteiger partial charge in [-0.3, -0.25) is 14.9 Å². The van der Waals surface area contributed by atoms with Gasteiger partial charge in [0, 0.05) is 23.3 Å². The lowest BCUT2D eigenvalue weighted by Crippen LogP contribution is -2.20. The van der Waals surface area contributed by atoms with Gasteiger partial charge in [0.25, 0.3) is 11.2 Å². The fourth-order valence-corrected chi connectivity index (χ4v) is 4.52. The van der Waals surface area contributed by atoms with E-state index in [0.29, 0.717) is 16.5 Å². The van der Waals surface area contributed by atoms with Gasteiger partial charge >= 0.3 is 6.18 Å². The molecule has 0 radical (unpaired) electrons. The molecule has 0 aliphatic carbocycles. The number of rotatable bonds is 6. The fraction of sp³-hybridized carbons (Fsp3) is 0.0323. The number of nitro groups is 1. The van der Waals surface area contributed by atoms with Crippen LogP contribution in [0.4, 0.5) is 18.9 Å². The molecule has 0 saturated carbocycles. The van der Waals surface area contributed by atoms with E-state index in [0.717, 1.165) is 28.4 Å². The van der Waals surface area contributed by atoms with Crippen LogP contribution in [0.15, 0.2) is 113 Å². The van der Waals surface area contributed by atoms with Gasteiger partial charge in [-0.1, -0.05) is 54.6 Å². The largest absolute Gasteiger partial charge is 0.438 e. The summed E-state index contributed by atoms with van der Waals surface area (Å²) < 4.78 is 47.6. The predicted molar refractivity (Wildman–Crippen MR) is 154 cm³/mol. The maximum Gasteiger partial charge on any atom is 0.416 e. The standard InChI is InChI=1S/C31H18F3N5O4/c32-31(33,34)21-8-5-7-20(16-21)29-37-26-11-4-3-10-24(26)30(40)38(29)36-18-25-23-9-2-1-6-19(23)12-14-27(25)43-28-15-13-22(17-35-28)39(41)42/h1-18H. The molecule has 0 aliphatic heterocycles. The monoisotopic (exact) mass is 581 g/mol. The first-order valence-electron chi connectivity index (χ1n) is 12.7.